The molecule has 4 heterocycles. The number of amides is 1. The summed E-state index contributed by atoms with van der Waals surface area (Å²) in [6.07, 6.45) is 3.57. The van der Waals surface area contributed by atoms with Crippen molar-refractivity contribution in [3.05, 3.63) is 53.5 Å². The van der Waals surface area contributed by atoms with E-state index in [4.69, 9.17) is 0 Å². The number of aryl methyl sites for hydroxylation is 1. The van der Waals surface area contributed by atoms with Gasteiger partial charge in [0.05, 0.1) is 0 Å². The summed E-state index contributed by atoms with van der Waals surface area (Å²) < 4.78 is 16.1. The van der Waals surface area contributed by atoms with Gasteiger partial charge in [0.15, 0.2) is 5.69 Å². The van der Waals surface area contributed by atoms with Gasteiger partial charge in [-0.2, -0.15) is 9.49 Å². The molecule has 0 bridgehead atoms. The largest absolute Gasteiger partial charge is 0.336 e. The quantitative estimate of drug-likeness (QED) is 0.786. The fourth-order valence-electron chi connectivity index (χ4n) is 3.41. The van der Waals surface area contributed by atoms with Gasteiger partial charge < -0.3 is 4.90 Å². The van der Waals surface area contributed by atoms with Gasteiger partial charge in [0.2, 0.25) is 5.95 Å². The van der Waals surface area contributed by atoms with Gasteiger partial charge in [0, 0.05) is 36.6 Å². The van der Waals surface area contributed by atoms with Crippen LogP contribution in [0.2, 0.25) is 0 Å². The average Bonchev–Trinajstić information content (AvgIpc) is 3.23. The van der Waals surface area contributed by atoms with Crippen LogP contribution in [0.25, 0.3) is 5.65 Å². The molecule has 1 amide bonds. The Hall–Kier alpha value is -2.70. The Morgan fingerprint density at radius 3 is 3.00 bits per heavy atom. The van der Waals surface area contributed by atoms with E-state index < -0.39 is 5.95 Å². The summed E-state index contributed by atoms with van der Waals surface area (Å²) in [4.78, 5) is 18.7. The van der Waals surface area contributed by atoms with Crippen molar-refractivity contribution in [3.63, 3.8) is 0 Å². The summed E-state index contributed by atoms with van der Waals surface area (Å²) in [5, 5.41) is 6.94. The molecule has 6 nitrogen and oxygen atoms in total. The lowest BCUT2D eigenvalue weighted by atomic mass is 9.95. The highest BCUT2D eigenvalue weighted by molar-refractivity contribution is 5.93. The van der Waals surface area contributed by atoms with Crippen molar-refractivity contribution in [2.45, 2.75) is 25.7 Å². The lowest BCUT2D eigenvalue weighted by Gasteiger charge is -2.31. The summed E-state index contributed by atoms with van der Waals surface area (Å²) in [5.74, 6) is -0.733. The van der Waals surface area contributed by atoms with Gasteiger partial charge in [0.1, 0.15) is 5.65 Å². The van der Waals surface area contributed by atoms with Crippen molar-refractivity contribution >= 4 is 11.6 Å². The van der Waals surface area contributed by atoms with Crippen LogP contribution in [0.15, 0.2) is 30.5 Å². The Morgan fingerprint density at radius 2 is 2.25 bits per heavy atom. The van der Waals surface area contributed by atoms with Crippen molar-refractivity contribution in [2.75, 3.05) is 13.1 Å². The Kier molecular flexibility index (Phi) is 3.55. The standard InChI is InChI=1S/C17H18FN5O/c1-11-4-2-6-14-20-15(16(18)23(11)14)17(24)22-9-3-5-12(10-22)13-7-8-19-21-13/h2,4,6-8,12H,3,5,9-10H2,1H3,(H,19,21)/t12-/m1/s1. The van der Waals surface area contributed by atoms with Gasteiger partial charge in [0.25, 0.3) is 5.91 Å². The van der Waals surface area contributed by atoms with Crippen LogP contribution in [-0.2, 0) is 0 Å². The molecule has 24 heavy (non-hydrogen) atoms. The molecule has 0 aromatic carbocycles. The molecule has 1 fully saturated rings. The number of pyridine rings is 1. The lowest BCUT2D eigenvalue weighted by Crippen LogP contribution is -2.39. The Balaban J connectivity index is 1.64. The fourth-order valence-corrected chi connectivity index (χ4v) is 3.41. The van der Waals surface area contributed by atoms with E-state index in [1.165, 1.54) is 4.40 Å². The molecule has 0 spiro atoms. The third-order valence-corrected chi connectivity index (χ3v) is 4.66. The topological polar surface area (TPSA) is 66.3 Å². The highest BCUT2D eigenvalue weighted by Crippen LogP contribution is 2.26. The predicted octanol–water partition coefficient (Wildman–Crippen LogP) is 2.52. The summed E-state index contributed by atoms with van der Waals surface area (Å²) in [5.41, 5.74) is 2.08. The molecule has 1 saturated heterocycles. The molecule has 0 radical (unpaired) electrons. The number of aromatic amines is 1. The number of likely N-dealkylation sites (tertiary alicyclic amines) is 1. The zero-order chi connectivity index (χ0) is 16.7. The summed E-state index contributed by atoms with van der Waals surface area (Å²) in [6.45, 7) is 2.96. The van der Waals surface area contributed by atoms with E-state index in [2.05, 4.69) is 15.2 Å². The third kappa shape index (κ3) is 2.36. The van der Waals surface area contributed by atoms with Crippen LogP contribution in [0.1, 0.15) is 40.6 Å². The Morgan fingerprint density at radius 1 is 1.38 bits per heavy atom. The monoisotopic (exact) mass is 327 g/mol. The number of H-pyrrole nitrogens is 1. The first kappa shape index (κ1) is 14.9. The minimum atomic E-state index is -0.586. The van der Waals surface area contributed by atoms with Crippen molar-refractivity contribution in [1.29, 1.82) is 0 Å². The molecule has 1 aliphatic heterocycles. The third-order valence-electron chi connectivity index (χ3n) is 4.66. The van der Waals surface area contributed by atoms with Crippen molar-refractivity contribution in [3.8, 4) is 0 Å². The summed E-state index contributed by atoms with van der Waals surface area (Å²) >= 11 is 0. The summed E-state index contributed by atoms with van der Waals surface area (Å²) in [6, 6.07) is 7.23. The zero-order valence-electron chi connectivity index (χ0n) is 13.4. The maximum atomic E-state index is 14.7. The second-order valence-corrected chi connectivity index (χ2v) is 6.21. The van der Waals surface area contributed by atoms with Gasteiger partial charge in [-0.1, -0.05) is 6.07 Å². The molecule has 124 valence electrons. The average molecular weight is 327 g/mol. The van der Waals surface area contributed by atoms with E-state index in [1.54, 1.807) is 36.2 Å². The lowest BCUT2D eigenvalue weighted by molar-refractivity contribution is 0.0695. The van der Waals surface area contributed by atoms with E-state index in [0.717, 1.165) is 18.5 Å². The molecule has 7 heteroatoms. The van der Waals surface area contributed by atoms with E-state index in [9.17, 15) is 9.18 Å². The number of halogens is 1. The molecule has 4 rings (SSSR count). The number of aromatic nitrogens is 4. The van der Waals surface area contributed by atoms with Crippen LogP contribution in [0.3, 0.4) is 0 Å². The molecule has 3 aromatic heterocycles. The second kappa shape index (κ2) is 5.74. The first-order valence-corrected chi connectivity index (χ1v) is 8.07. The fraction of sp³-hybridized carbons (Fsp3) is 0.353. The molecule has 0 saturated carbocycles. The molecule has 1 aliphatic rings. The highest BCUT2D eigenvalue weighted by atomic mass is 19.1. The van der Waals surface area contributed by atoms with E-state index in [1.807, 2.05) is 6.07 Å². The molecule has 1 atom stereocenters. The van der Waals surface area contributed by atoms with Crippen LogP contribution >= 0.6 is 0 Å². The number of fused-ring (bicyclic) bond motifs is 1. The van der Waals surface area contributed by atoms with Crippen LogP contribution in [-0.4, -0.2) is 43.5 Å². The van der Waals surface area contributed by atoms with E-state index >= 15 is 0 Å². The first-order valence-electron chi connectivity index (χ1n) is 8.07. The van der Waals surface area contributed by atoms with Gasteiger partial charge in [-0.05, 0) is 38.0 Å². The van der Waals surface area contributed by atoms with Gasteiger partial charge >= 0.3 is 0 Å². The van der Waals surface area contributed by atoms with Crippen molar-refractivity contribution in [2.24, 2.45) is 0 Å². The molecular weight excluding hydrogens is 309 g/mol. The van der Waals surface area contributed by atoms with Crippen molar-refractivity contribution in [1.82, 2.24) is 24.5 Å². The number of imidazole rings is 1. The smallest absolute Gasteiger partial charge is 0.277 e. The van der Waals surface area contributed by atoms with Gasteiger partial charge in [-0.15, -0.1) is 0 Å². The number of carbonyl (C=O) groups excluding carboxylic acids is 1. The minimum Gasteiger partial charge on any atom is -0.336 e. The van der Waals surface area contributed by atoms with E-state index in [-0.39, 0.29) is 17.5 Å². The molecular formula is C17H18FN5O. The van der Waals surface area contributed by atoms with E-state index in [0.29, 0.717) is 24.4 Å². The molecule has 3 aromatic rings. The molecule has 0 aliphatic carbocycles. The van der Waals surface area contributed by atoms with Crippen LogP contribution in [0.4, 0.5) is 4.39 Å². The van der Waals surface area contributed by atoms with Crippen LogP contribution in [0.5, 0.6) is 0 Å². The number of nitrogens with one attached hydrogen (secondary N) is 1. The number of carbonyl (C=O) groups is 1. The first-order chi connectivity index (χ1) is 11.6. The molecule has 1 N–H and O–H groups in total. The predicted molar refractivity (Wildman–Crippen MR) is 86.4 cm³/mol. The SMILES string of the molecule is Cc1cccc2nc(C(=O)N3CCC[C@@H](c4ccn[nH]4)C3)c(F)n12. The van der Waals surface area contributed by atoms with Crippen LogP contribution < -0.4 is 0 Å². The number of rotatable bonds is 2. The van der Waals surface area contributed by atoms with Crippen LogP contribution in [0, 0.1) is 12.9 Å². The number of nitrogens with zero attached hydrogens (tertiary/aromatic N) is 4. The van der Waals surface area contributed by atoms with Gasteiger partial charge in [-0.25, -0.2) is 4.98 Å². The normalized spacial score (nSPS) is 18.2. The second-order valence-electron chi connectivity index (χ2n) is 6.21. The maximum Gasteiger partial charge on any atom is 0.277 e. The zero-order valence-corrected chi connectivity index (χ0v) is 13.4. The minimum absolute atomic E-state index is 0.102. The molecule has 0 unspecified atom stereocenters. The number of hydrogen-bond donors (Lipinski definition) is 1. The number of piperidine rings is 1. The van der Waals surface area contributed by atoms with Crippen molar-refractivity contribution < 1.29 is 9.18 Å². The Labute approximate surface area is 138 Å². The maximum absolute atomic E-state index is 14.7. The number of hydrogen-bond acceptors (Lipinski definition) is 3. The highest BCUT2D eigenvalue weighted by Gasteiger charge is 2.30. The Bertz CT molecular complexity index is 886. The van der Waals surface area contributed by atoms with Gasteiger partial charge in [-0.3, -0.25) is 14.3 Å². The summed E-state index contributed by atoms with van der Waals surface area (Å²) in [7, 11) is 0.